The molecule has 0 aliphatic heterocycles. The number of rotatable bonds is 4. The summed E-state index contributed by atoms with van der Waals surface area (Å²) in [6.07, 6.45) is 3.50. The van der Waals surface area contributed by atoms with E-state index in [2.05, 4.69) is 10.3 Å². The SMILES string of the molecule is Cn1ccnc1CNc1cccc(S(N)(=O)=O)c1N. The maximum atomic E-state index is 11.3. The monoisotopic (exact) mass is 281 g/mol. The second-order valence-corrected chi connectivity index (χ2v) is 5.60. The van der Waals surface area contributed by atoms with Gasteiger partial charge in [-0.3, -0.25) is 0 Å². The third kappa shape index (κ3) is 2.85. The minimum atomic E-state index is -3.82. The van der Waals surface area contributed by atoms with Crippen LogP contribution in [0.4, 0.5) is 11.4 Å². The molecule has 1 aromatic heterocycles. The summed E-state index contributed by atoms with van der Waals surface area (Å²) >= 11 is 0. The van der Waals surface area contributed by atoms with E-state index in [4.69, 9.17) is 10.9 Å². The van der Waals surface area contributed by atoms with Gasteiger partial charge in [0.15, 0.2) is 0 Å². The van der Waals surface area contributed by atoms with Gasteiger partial charge >= 0.3 is 0 Å². The first-order valence-electron chi connectivity index (χ1n) is 5.51. The minimum Gasteiger partial charge on any atom is -0.396 e. The third-order valence-corrected chi connectivity index (χ3v) is 3.70. The highest BCUT2D eigenvalue weighted by atomic mass is 32.2. The number of para-hydroxylation sites is 1. The van der Waals surface area contributed by atoms with Crippen LogP contribution in [-0.4, -0.2) is 18.0 Å². The van der Waals surface area contributed by atoms with Gasteiger partial charge < -0.3 is 15.6 Å². The second kappa shape index (κ2) is 4.90. The summed E-state index contributed by atoms with van der Waals surface area (Å²) < 4.78 is 24.5. The fourth-order valence-electron chi connectivity index (χ4n) is 1.69. The van der Waals surface area contributed by atoms with E-state index in [9.17, 15) is 8.42 Å². The molecule has 0 saturated heterocycles. The van der Waals surface area contributed by atoms with E-state index in [-0.39, 0.29) is 10.6 Å². The molecule has 1 aromatic carbocycles. The van der Waals surface area contributed by atoms with E-state index in [1.807, 2.05) is 17.8 Å². The molecule has 0 fully saturated rings. The zero-order valence-corrected chi connectivity index (χ0v) is 11.2. The van der Waals surface area contributed by atoms with Crippen molar-refractivity contribution in [2.45, 2.75) is 11.4 Å². The molecule has 1 heterocycles. The Kier molecular flexibility index (Phi) is 3.45. The topological polar surface area (TPSA) is 116 Å². The van der Waals surface area contributed by atoms with Gasteiger partial charge in [-0.2, -0.15) is 0 Å². The Labute approximate surface area is 111 Å². The van der Waals surface area contributed by atoms with Gasteiger partial charge in [-0.25, -0.2) is 18.5 Å². The van der Waals surface area contributed by atoms with Crippen LogP contribution in [0.25, 0.3) is 0 Å². The first kappa shape index (κ1) is 13.4. The Morgan fingerprint density at radius 2 is 2.16 bits per heavy atom. The van der Waals surface area contributed by atoms with E-state index < -0.39 is 10.0 Å². The molecule has 0 atom stereocenters. The highest BCUT2D eigenvalue weighted by Gasteiger charge is 2.14. The van der Waals surface area contributed by atoms with E-state index in [1.54, 1.807) is 18.3 Å². The van der Waals surface area contributed by atoms with Crippen LogP contribution in [0.3, 0.4) is 0 Å². The number of hydrogen-bond donors (Lipinski definition) is 3. The molecule has 0 unspecified atom stereocenters. The number of nitrogen functional groups attached to an aromatic ring is 1. The van der Waals surface area contributed by atoms with Crippen molar-refractivity contribution >= 4 is 21.4 Å². The molecule has 0 spiro atoms. The van der Waals surface area contributed by atoms with Crippen LogP contribution in [0, 0.1) is 0 Å². The molecular weight excluding hydrogens is 266 g/mol. The zero-order valence-electron chi connectivity index (χ0n) is 10.4. The standard InChI is InChI=1S/C11H15N5O2S/c1-16-6-5-14-10(16)7-15-8-3-2-4-9(11(8)12)19(13,17)18/h2-6,15H,7,12H2,1H3,(H2,13,17,18). The lowest BCUT2D eigenvalue weighted by atomic mass is 10.2. The summed E-state index contributed by atoms with van der Waals surface area (Å²) in [6.45, 7) is 0.432. The third-order valence-electron chi connectivity index (χ3n) is 2.73. The van der Waals surface area contributed by atoms with Gasteiger partial charge in [-0.15, -0.1) is 0 Å². The van der Waals surface area contributed by atoms with Gasteiger partial charge in [-0.05, 0) is 12.1 Å². The summed E-state index contributed by atoms with van der Waals surface area (Å²) in [5.74, 6) is 0.806. The van der Waals surface area contributed by atoms with Gasteiger partial charge in [-0.1, -0.05) is 6.07 Å². The highest BCUT2D eigenvalue weighted by molar-refractivity contribution is 7.89. The Balaban J connectivity index is 2.25. The van der Waals surface area contributed by atoms with Gasteiger partial charge in [0.05, 0.1) is 17.9 Å². The number of imidazole rings is 1. The van der Waals surface area contributed by atoms with Crippen LogP contribution in [0.15, 0.2) is 35.5 Å². The van der Waals surface area contributed by atoms with E-state index in [1.165, 1.54) is 6.07 Å². The average molecular weight is 281 g/mol. The lowest BCUT2D eigenvalue weighted by Gasteiger charge is -2.11. The van der Waals surface area contributed by atoms with Crippen molar-refractivity contribution in [3.05, 3.63) is 36.4 Å². The van der Waals surface area contributed by atoms with Gasteiger partial charge in [0.25, 0.3) is 0 Å². The predicted octanol–water partition coefficient (Wildman–Crippen LogP) is 0.262. The Hall–Kier alpha value is -2.06. The van der Waals surface area contributed by atoms with Crippen molar-refractivity contribution in [3.63, 3.8) is 0 Å². The zero-order chi connectivity index (χ0) is 14.0. The summed E-state index contributed by atoms with van der Waals surface area (Å²) in [4.78, 5) is 4.06. The summed E-state index contributed by atoms with van der Waals surface area (Å²) in [5, 5.41) is 8.13. The molecule has 0 aliphatic carbocycles. The first-order chi connectivity index (χ1) is 8.89. The maximum absolute atomic E-state index is 11.3. The van der Waals surface area contributed by atoms with Gasteiger partial charge in [0.2, 0.25) is 10.0 Å². The Morgan fingerprint density at radius 1 is 1.42 bits per heavy atom. The van der Waals surface area contributed by atoms with E-state index in [0.717, 1.165) is 5.82 Å². The van der Waals surface area contributed by atoms with Crippen LogP contribution in [0.2, 0.25) is 0 Å². The Morgan fingerprint density at radius 3 is 2.74 bits per heavy atom. The molecule has 0 bridgehead atoms. The average Bonchev–Trinajstić information content (AvgIpc) is 2.72. The van der Waals surface area contributed by atoms with Crippen molar-refractivity contribution in [2.24, 2.45) is 12.2 Å². The molecule has 2 aromatic rings. The van der Waals surface area contributed by atoms with Crippen LogP contribution >= 0.6 is 0 Å². The van der Waals surface area contributed by atoms with E-state index in [0.29, 0.717) is 12.2 Å². The molecule has 2 rings (SSSR count). The molecule has 19 heavy (non-hydrogen) atoms. The second-order valence-electron chi connectivity index (χ2n) is 4.07. The van der Waals surface area contributed by atoms with Gasteiger partial charge in [0.1, 0.15) is 10.7 Å². The summed E-state index contributed by atoms with van der Waals surface area (Å²) in [6, 6.07) is 4.64. The molecule has 0 radical (unpaired) electrons. The number of sulfonamides is 1. The van der Waals surface area contributed by atoms with Crippen LogP contribution in [0.1, 0.15) is 5.82 Å². The maximum Gasteiger partial charge on any atom is 0.240 e. The fourth-order valence-corrected chi connectivity index (χ4v) is 2.37. The molecule has 102 valence electrons. The molecule has 0 amide bonds. The van der Waals surface area contributed by atoms with Crippen LogP contribution < -0.4 is 16.2 Å². The predicted molar refractivity (Wildman–Crippen MR) is 72.8 cm³/mol. The number of nitrogens with zero attached hydrogens (tertiary/aromatic N) is 2. The number of hydrogen-bond acceptors (Lipinski definition) is 5. The smallest absolute Gasteiger partial charge is 0.240 e. The number of nitrogens with two attached hydrogens (primary N) is 2. The molecule has 8 heteroatoms. The quantitative estimate of drug-likeness (QED) is 0.695. The number of aromatic nitrogens is 2. The largest absolute Gasteiger partial charge is 0.396 e. The highest BCUT2D eigenvalue weighted by Crippen LogP contribution is 2.25. The Bertz CT molecular complexity index is 693. The number of aryl methyl sites for hydroxylation is 1. The van der Waals surface area contributed by atoms with Crippen LogP contribution in [0.5, 0.6) is 0 Å². The number of anilines is 2. The molecule has 7 nitrogen and oxygen atoms in total. The fraction of sp³-hybridized carbons (Fsp3) is 0.182. The van der Waals surface area contributed by atoms with Crippen molar-refractivity contribution in [1.82, 2.24) is 9.55 Å². The normalized spacial score (nSPS) is 11.5. The molecule has 5 N–H and O–H groups in total. The van der Waals surface area contributed by atoms with Crippen molar-refractivity contribution in [3.8, 4) is 0 Å². The van der Waals surface area contributed by atoms with Crippen molar-refractivity contribution < 1.29 is 8.42 Å². The summed E-state index contributed by atoms with van der Waals surface area (Å²) in [7, 11) is -1.95. The molecule has 0 aliphatic rings. The number of primary sulfonamides is 1. The number of nitrogens with one attached hydrogen (secondary N) is 1. The lowest BCUT2D eigenvalue weighted by Crippen LogP contribution is -2.15. The van der Waals surface area contributed by atoms with E-state index >= 15 is 0 Å². The summed E-state index contributed by atoms with van der Waals surface area (Å²) in [5.41, 5.74) is 6.42. The van der Waals surface area contributed by atoms with Crippen molar-refractivity contribution in [1.29, 1.82) is 0 Å². The minimum absolute atomic E-state index is 0.0858. The van der Waals surface area contributed by atoms with Crippen LogP contribution in [-0.2, 0) is 23.6 Å². The number of benzene rings is 1. The van der Waals surface area contributed by atoms with Gasteiger partial charge in [0, 0.05) is 19.4 Å². The first-order valence-corrected chi connectivity index (χ1v) is 7.05. The lowest BCUT2D eigenvalue weighted by molar-refractivity contribution is 0.598. The van der Waals surface area contributed by atoms with Crippen molar-refractivity contribution in [2.75, 3.05) is 11.1 Å². The molecule has 0 saturated carbocycles. The molecular formula is C11H15N5O2S.